The summed E-state index contributed by atoms with van der Waals surface area (Å²) in [6.45, 7) is 7.26. The summed E-state index contributed by atoms with van der Waals surface area (Å²) < 4.78 is 30.6. The van der Waals surface area contributed by atoms with E-state index in [0.29, 0.717) is 24.5 Å². The Kier molecular flexibility index (Phi) is 5.69. The molecule has 0 radical (unpaired) electrons. The van der Waals surface area contributed by atoms with Crippen molar-refractivity contribution in [3.8, 4) is 11.4 Å². The van der Waals surface area contributed by atoms with Crippen molar-refractivity contribution in [2.24, 2.45) is 0 Å². The SMILES string of the molecule is Cc1cccc(-c2nnc3c4ccccc4nc(N4CCN(S(=O)(=O)c5cccc(C)c5)[C@H](C)C4)n23)c1. The van der Waals surface area contributed by atoms with E-state index in [0.717, 1.165) is 45.0 Å². The predicted octanol–water partition coefficient (Wildman–Crippen LogP) is 4.46. The number of fused-ring (bicyclic) bond motifs is 3. The van der Waals surface area contributed by atoms with Gasteiger partial charge in [-0.2, -0.15) is 4.31 Å². The number of rotatable bonds is 4. The van der Waals surface area contributed by atoms with Crippen molar-refractivity contribution in [2.45, 2.75) is 31.7 Å². The van der Waals surface area contributed by atoms with Gasteiger partial charge in [0.05, 0.1) is 10.4 Å². The third-order valence-corrected chi connectivity index (χ3v) is 8.96. The first-order valence-electron chi connectivity index (χ1n) is 12.4. The van der Waals surface area contributed by atoms with E-state index >= 15 is 0 Å². The number of benzene rings is 3. The number of aromatic nitrogens is 4. The summed E-state index contributed by atoms with van der Waals surface area (Å²) in [5.74, 6) is 1.43. The minimum Gasteiger partial charge on any atom is -0.339 e. The minimum absolute atomic E-state index is 0.249. The molecule has 1 aliphatic rings. The van der Waals surface area contributed by atoms with Crippen LogP contribution in [0.1, 0.15) is 18.1 Å². The summed E-state index contributed by atoms with van der Waals surface area (Å²) >= 11 is 0. The molecule has 9 heteroatoms. The standard InChI is InChI=1S/C28H28N6O2S/c1-19-8-6-10-22(16-19)26-30-31-27-24-12-4-5-13-25(24)29-28(34(26)27)32-14-15-33(21(3)18-32)37(35,36)23-11-7-9-20(2)17-23/h4-13,16-17,21H,14-15,18H2,1-3H3/t21-/m1/s1. The molecule has 1 saturated heterocycles. The second-order valence-corrected chi connectivity index (χ2v) is 11.6. The summed E-state index contributed by atoms with van der Waals surface area (Å²) in [6.07, 6.45) is 0. The topological polar surface area (TPSA) is 83.7 Å². The average molecular weight is 513 g/mol. The molecule has 0 amide bonds. The van der Waals surface area contributed by atoms with Crippen molar-refractivity contribution in [1.82, 2.24) is 23.9 Å². The Labute approximate surface area is 216 Å². The van der Waals surface area contributed by atoms with E-state index < -0.39 is 10.0 Å². The number of piperazine rings is 1. The molecule has 188 valence electrons. The molecule has 3 aromatic carbocycles. The van der Waals surface area contributed by atoms with Gasteiger partial charge in [-0.15, -0.1) is 10.2 Å². The summed E-state index contributed by atoms with van der Waals surface area (Å²) in [5, 5.41) is 10.1. The van der Waals surface area contributed by atoms with Crippen molar-refractivity contribution in [3.63, 3.8) is 0 Å². The second kappa shape index (κ2) is 8.93. The van der Waals surface area contributed by atoms with Crippen LogP contribution in [0, 0.1) is 13.8 Å². The highest BCUT2D eigenvalue weighted by Gasteiger charge is 2.35. The maximum atomic E-state index is 13.5. The van der Waals surface area contributed by atoms with E-state index in [2.05, 4.69) is 34.2 Å². The molecular weight excluding hydrogens is 484 g/mol. The molecule has 0 saturated carbocycles. The zero-order chi connectivity index (χ0) is 25.7. The predicted molar refractivity (Wildman–Crippen MR) is 145 cm³/mol. The van der Waals surface area contributed by atoms with Gasteiger partial charge < -0.3 is 4.90 Å². The van der Waals surface area contributed by atoms with E-state index in [1.54, 1.807) is 22.5 Å². The normalized spacial score (nSPS) is 17.1. The molecule has 5 aromatic rings. The van der Waals surface area contributed by atoms with Gasteiger partial charge in [-0.25, -0.2) is 17.8 Å². The fourth-order valence-corrected chi connectivity index (χ4v) is 6.86. The van der Waals surface area contributed by atoms with Crippen LogP contribution in [-0.4, -0.2) is 58.0 Å². The Morgan fingerprint density at radius 2 is 1.62 bits per heavy atom. The first-order valence-corrected chi connectivity index (χ1v) is 13.8. The minimum atomic E-state index is -3.61. The van der Waals surface area contributed by atoms with Crippen LogP contribution in [0.5, 0.6) is 0 Å². The van der Waals surface area contributed by atoms with Crippen LogP contribution in [0.3, 0.4) is 0 Å². The van der Waals surface area contributed by atoms with Gasteiger partial charge in [0.1, 0.15) is 0 Å². The molecule has 0 spiro atoms. The third kappa shape index (κ3) is 4.04. The van der Waals surface area contributed by atoms with Gasteiger partial charge in [-0.3, -0.25) is 0 Å². The molecule has 2 aromatic heterocycles. The van der Waals surface area contributed by atoms with E-state index in [9.17, 15) is 8.42 Å². The molecule has 8 nitrogen and oxygen atoms in total. The Balaban J connectivity index is 1.43. The fourth-order valence-electron chi connectivity index (χ4n) is 5.14. The van der Waals surface area contributed by atoms with E-state index in [4.69, 9.17) is 4.98 Å². The van der Waals surface area contributed by atoms with Crippen LogP contribution in [0.4, 0.5) is 5.95 Å². The zero-order valence-corrected chi connectivity index (χ0v) is 21.9. The average Bonchev–Trinajstić information content (AvgIpc) is 3.34. The van der Waals surface area contributed by atoms with E-state index in [-0.39, 0.29) is 6.04 Å². The number of hydrogen-bond acceptors (Lipinski definition) is 6. The van der Waals surface area contributed by atoms with Crippen molar-refractivity contribution in [2.75, 3.05) is 24.5 Å². The van der Waals surface area contributed by atoms with Crippen molar-refractivity contribution in [1.29, 1.82) is 0 Å². The molecule has 0 N–H and O–H groups in total. The third-order valence-electron chi connectivity index (χ3n) is 6.95. The highest BCUT2D eigenvalue weighted by atomic mass is 32.2. The number of aryl methyl sites for hydroxylation is 2. The number of anilines is 1. The lowest BCUT2D eigenvalue weighted by atomic mass is 10.1. The molecular formula is C28H28N6O2S. The van der Waals surface area contributed by atoms with Gasteiger partial charge >= 0.3 is 0 Å². The maximum absolute atomic E-state index is 13.5. The summed E-state index contributed by atoms with van der Waals surface area (Å²) in [4.78, 5) is 7.52. The highest BCUT2D eigenvalue weighted by molar-refractivity contribution is 7.89. The molecule has 1 aliphatic heterocycles. The van der Waals surface area contributed by atoms with Gasteiger partial charge in [-0.1, -0.05) is 48.0 Å². The van der Waals surface area contributed by atoms with Crippen molar-refractivity contribution < 1.29 is 8.42 Å². The number of hydrogen-bond donors (Lipinski definition) is 0. The van der Waals surface area contributed by atoms with Crippen LogP contribution < -0.4 is 4.90 Å². The van der Waals surface area contributed by atoms with Crippen LogP contribution in [0.25, 0.3) is 27.9 Å². The Morgan fingerprint density at radius 1 is 0.865 bits per heavy atom. The molecule has 1 fully saturated rings. The second-order valence-electron chi connectivity index (χ2n) is 9.71. The van der Waals surface area contributed by atoms with Gasteiger partial charge in [-0.05, 0) is 56.7 Å². The quantitative estimate of drug-likeness (QED) is 0.354. The van der Waals surface area contributed by atoms with Crippen LogP contribution in [0.2, 0.25) is 0 Å². The van der Waals surface area contributed by atoms with Crippen molar-refractivity contribution >= 4 is 32.5 Å². The van der Waals surface area contributed by atoms with E-state index in [1.165, 1.54) is 0 Å². The van der Waals surface area contributed by atoms with Gasteiger partial charge in [0.15, 0.2) is 11.5 Å². The monoisotopic (exact) mass is 512 g/mol. The van der Waals surface area contributed by atoms with Crippen LogP contribution in [0.15, 0.2) is 77.7 Å². The summed E-state index contributed by atoms with van der Waals surface area (Å²) in [7, 11) is -3.61. The van der Waals surface area contributed by atoms with E-state index in [1.807, 2.05) is 60.7 Å². The molecule has 6 rings (SSSR count). The number of sulfonamides is 1. The summed E-state index contributed by atoms with van der Waals surface area (Å²) in [6, 6.07) is 22.9. The molecule has 3 heterocycles. The lowest BCUT2D eigenvalue weighted by molar-refractivity contribution is 0.304. The Hall–Kier alpha value is -3.82. The zero-order valence-electron chi connectivity index (χ0n) is 21.0. The summed E-state index contributed by atoms with van der Waals surface area (Å²) in [5.41, 5.74) is 4.58. The Morgan fingerprint density at radius 3 is 2.38 bits per heavy atom. The lowest BCUT2D eigenvalue weighted by Gasteiger charge is -2.39. The van der Waals surface area contributed by atoms with Crippen molar-refractivity contribution in [3.05, 3.63) is 83.9 Å². The highest BCUT2D eigenvalue weighted by Crippen LogP contribution is 2.31. The van der Waals surface area contributed by atoms with Gasteiger partial charge in [0.2, 0.25) is 16.0 Å². The molecule has 1 atom stereocenters. The maximum Gasteiger partial charge on any atom is 0.243 e. The largest absolute Gasteiger partial charge is 0.339 e. The number of nitrogens with zero attached hydrogens (tertiary/aromatic N) is 6. The van der Waals surface area contributed by atoms with Gasteiger partial charge in [0, 0.05) is 36.6 Å². The molecule has 37 heavy (non-hydrogen) atoms. The van der Waals surface area contributed by atoms with Gasteiger partial charge in [0.25, 0.3) is 0 Å². The molecule has 0 bridgehead atoms. The molecule has 0 aliphatic carbocycles. The number of para-hydroxylation sites is 1. The van der Waals surface area contributed by atoms with Crippen LogP contribution >= 0.6 is 0 Å². The Bertz CT molecular complexity index is 1750. The first kappa shape index (κ1) is 23.6. The smallest absolute Gasteiger partial charge is 0.243 e. The molecule has 0 unspecified atom stereocenters. The van der Waals surface area contributed by atoms with Crippen LogP contribution in [-0.2, 0) is 10.0 Å². The first-order chi connectivity index (χ1) is 17.8. The lowest BCUT2D eigenvalue weighted by Crippen LogP contribution is -2.54. The fraction of sp³-hybridized carbons (Fsp3) is 0.250.